The largest absolute Gasteiger partial charge is 0.293 e. The molecule has 1 aliphatic heterocycles. The average molecular weight is 95.1 g/mol. The molecular weight excluding hydrogens is 86.1 g/mol. The van der Waals surface area contributed by atoms with E-state index >= 15 is 0 Å². The van der Waals surface area contributed by atoms with E-state index < -0.39 is 0 Å². The van der Waals surface area contributed by atoms with Crippen molar-refractivity contribution >= 4 is 6.21 Å². The fraction of sp³-hybridized carbons (Fsp3) is 0.500. The van der Waals surface area contributed by atoms with Gasteiger partial charge in [-0.25, -0.2) is 0 Å². The second-order valence-corrected chi connectivity index (χ2v) is 1.65. The van der Waals surface area contributed by atoms with E-state index in [-0.39, 0.29) is 0 Å². The molecule has 0 saturated heterocycles. The number of rotatable bonds is 0. The first-order valence-corrected chi connectivity index (χ1v) is 2.58. The quantitative estimate of drug-likeness (QED) is 0.431. The third kappa shape index (κ3) is 0.889. The Hall–Kier alpha value is -0.590. The highest BCUT2D eigenvalue weighted by molar-refractivity contribution is 5.80. The van der Waals surface area contributed by atoms with Crippen LogP contribution in [0.25, 0.3) is 0 Å². The van der Waals surface area contributed by atoms with Gasteiger partial charge in [-0.05, 0) is 18.9 Å². The van der Waals surface area contributed by atoms with Crippen molar-refractivity contribution in [2.75, 3.05) is 6.54 Å². The molecule has 0 radical (unpaired) electrons. The first-order valence-electron chi connectivity index (χ1n) is 2.58. The molecule has 1 heterocycles. The summed E-state index contributed by atoms with van der Waals surface area (Å²) in [7, 11) is 0. The zero-order valence-electron chi connectivity index (χ0n) is 4.52. The third-order valence-corrected chi connectivity index (χ3v) is 1.16. The minimum Gasteiger partial charge on any atom is -0.293 e. The van der Waals surface area contributed by atoms with Gasteiger partial charge in [-0.1, -0.05) is 6.08 Å². The summed E-state index contributed by atoms with van der Waals surface area (Å²) < 4.78 is 0. The van der Waals surface area contributed by atoms with Gasteiger partial charge in [-0.2, -0.15) is 0 Å². The molecule has 0 fully saturated rings. The van der Waals surface area contributed by atoms with Gasteiger partial charge in [0.1, 0.15) is 0 Å². The van der Waals surface area contributed by atoms with Crippen LogP contribution in [-0.2, 0) is 0 Å². The van der Waals surface area contributed by atoms with Crippen LogP contribution in [0.3, 0.4) is 0 Å². The molecule has 0 atom stereocenters. The maximum Gasteiger partial charge on any atom is 0.0430 e. The van der Waals surface area contributed by atoms with Crippen LogP contribution < -0.4 is 0 Å². The fourth-order valence-corrected chi connectivity index (χ4v) is 0.659. The van der Waals surface area contributed by atoms with Gasteiger partial charge in [0.05, 0.1) is 0 Å². The lowest BCUT2D eigenvalue weighted by Gasteiger charge is -1.81. The lowest BCUT2D eigenvalue weighted by atomic mass is 10.2. The molecule has 1 heteroatoms. The molecule has 0 unspecified atom stereocenters. The predicted octanol–water partition coefficient (Wildman–Crippen LogP) is 1.41. The van der Waals surface area contributed by atoms with Crippen molar-refractivity contribution in [3.63, 3.8) is 0 Å². The summed E-state index contributed by atoms with van der Waals surface area (Å²) in [4.78, 5) is 4.04. The Morgan fingerprint density at radius 3 is 3.00 bits per heavy atom. The van der Waals surface area contributed by atoms with Crippen molar-refractivity contribution in [3.05, 3.63) is 11.6 Å². The van der Waals surface area contributed by atoms with E-state index in [9.17, 15) is 0 Å². The van der Waals surface area contributed by atoms with Gasteiger partial charge in [-0.3, -0.25) is 4.99 Å². The highest BCUT2D eigenvalue weighted by Gasteiger charge is 1.95. The summed E-state index contributed by atoms with van der Waals surface area (Å²) in [6.07, 6.45) is 5.20. The van der Waals surface area contributed by atoms with Crippen molar-refractivity contribution < 1.29 is 0 Å². The van der Waals surface area contributed by atoms with E-state index in [1.807, 2.05) is 13.1 Å². The summed E-state index contributed by atoms with van der Waals surface area (Å²) >= 11 is 0. The average Bonchev–Trinajstić information content (AvgIpc) is 2.14. The third-order valence-electron chi connectivity index (χ3n) is 1.16. The number of nitrogens with zero attached hydrogens (tertiary/aromatic N) is 1. The van der Waals surface area contributed by atoms with Crippen LogP contribution in [0.1, 0.15) is 13.3 Å². The van der Waals surface area contributed by atoms with Gasteiger partial charge in [0, 0.05) is 12.8 Å². The molecule has 0 N–H and O–H groups in total. The molecule has 0 spiro atoms. The summed E-state index contributed by atoms with van der Waals surface area (Å²) in [5, 5.41) is 0. The van der Waals surface area contributed by atoms with E-state index in [1.165, 1.54) is 5.57 Å². The molecule has 7 heavy (non-hydrogen) atoms. The predicted molar refractivity (Wildman–Crippen MR) is 31.7 cm³/mol. The minimum absolute atomic E-state index is 1.000. The van der Waals surface area contributed by atoms with E-state index in [0.717, 1.165) is 13.0 Å². The van der Waals surface area contributed by atoms with Gasteiger partial charge in [0.15, 0.2) is 0 Å². The zero-order valence-corrected chi connectivity index (χ0v) is 4.52. The van der Waals surface area contributed by atoms with Gasteiger partial charge in [0.25, 0.3) is 0 Å². The summed E-state index contributed by atoms with van der Waals surface area (Å²) in [5.41, 5.74) is 1.38. The van der Waals surface area contributed by atoms with E-state index in [0.29, 0.717) is 0 Å². The highest BCUT2D eigenvalue weighted by atomic mass is 14.7. The summed E-state index contributed by atoms with van der Waals surface area (Å²) in [5.74, 6) is 0. The zero-order chi connectivity index (χ0) is 5.11. The monoisotopic (exact) mass is 95.1 g/mol. The van der Waals surface area contributed by atoms with Crippen LogP contribution in [0.15, 0.2) is 16.6 Å². The summed E-state index contributed by atoms with van der Waals surface area (Å²) in [6, 6.07) is 0. The minimum atomic E-state index is 1.000. The molecule has 0 amide bonds. The highest BCUT2D eigenvalue weighted by Crippen LogP contribution is 2.03. The fourth-order valence-electron chi connectivity index (χ4n) is 0.659. The smallest absolute Gasteiger partial charge is 0.0430 e. The first-order chi connectivity index (χ1) is 3.43. The second kappa shape index (κ2) is 1.92. The second-order valence-electron chi connectivity index (χ2n) is 1.65. The molecule has 38 valence electrons. The number of allylic oxidation sites excluding steroid dienone is 1. The molecule has 0 aliphatic carbocycles. The van der Waals surface area contributed by atoms with Crippen molar-refractivity contribution in [1.82, 2.24) is 0 Å². The van der Waals surface area contributed by atoms with E-state index in [4.69, 9.17) is 0 Å². The lowest BCUT2D eigenvalue weighted by Crippen LogP contribution is -1.73. The number of aliphatic imine (C=N–C) groups is 1. The summed E-state index contributed by atoms with van der Waals surface area (Å²) in [6.45, 7) is 3.05. The molecular formula is C6H9N. The van der Waals surface area contributed by atoms with Gasteiger partial charge in [0.2, 0.25) is 0 Å². The molecule has 0 aromatic carbocycles. The number of hydrogen-bond donors (Lipinski definition) is 0. The Balaban J connectivity index is 2.59. The van der Waals surface area contributed by atoms with Crippen molar-refractivity contribution in [2.24, 2.45) is 4.99 Å². The molecule has 1 rings (SSSR count). The Morgan fingerprint density at radius 2 is 2.71 bits per heavy atom. The molecule has 1 aliphatic rings. The standard InChI is InChI=1S/C6H9N/c1-2-6-3-4-7-5-6/h2,5H,3-4H2,1H3/b6-2+. The van der Waals surface area contributed by atoms with Crippen LogP contribution in [0.4, 0.5) is 0 Å². The first kappa shape index (κ1) is 4.57. The van der Waals surface area contributed by atoms with Crippen LogP contribution in [0.5, 0.6) is 0 Å². The normalized spacial score (nSPS) is 24.4. The Morgan fingerprint density at radius 1 is 1.86 bits per heavy atom. The van der Waals surface area contributed by atoms with Crippen molar-refractivity contribution in [1.29, 1.82) is 0 Å². The van der Waals surface area contributed by atoms with E-state index in [1.54, 1.807) is 0 Å². The molecule has 0 aromatic heterocycles. The topological polar surface area (TPSA) is 12.4 Å². The van der Waals surface area contributed by atoms with Crippen LogP contribution in [0.2, 0.25) is 0 Å². The Kier molecular flexibility index (Phi) is 1.25. The van der Waals surface area contributed by atoms with E-state index in [2.05, 4.69) is 11.1 Å². The lowest BCUT2D eigenvalue weighted by molar-refractivity contribution is 1.04. The SMILES string of the molecule is C/C=C1/C=NCC1. The molecule has 1 nitrogen and oxygen atoms in total. The Labute approximate surface area is 43.8 Å². The maximum atomic E-state index is 4.04. The maximum absolute atomic E-state index is 4.04. The van der Waals surface area contributed by atoms with Gasteiger partial charge < -0.3 is 0 Å². The van der Waals surface area contributed by atoms with Crippen LogP contribution in [0, 0.1) is 0 Å². The van der Waals surface area contributed by atoms with Gasteiger partial charge in [-0.15, -0.1) is 0 Å². The van der Waals surface area contributed by atoms with Crippen molar-refractivity contribution in [3.8, 4) is 0 Å². The molecule has 0 bridgehead atoms. The van der Waals surface area contributed by atoms with Gasteiger partial charge >= 0.3 is 0 Å². The number of hydrogen-bond acceptors (Lipinski definition) is 1. The Bertz CT molecular complexity index is 109. The molecule has 0 aromatic rings. The van der Waals surface area contributed by atoms with Crippen LogP contribution >= 0.6 is 0 Å². The van der Waals surface area contributed by atoms with Crippen LogP contribution in [-0.4, -0.2) is 12.8 Å². The molecule has 0 saturated carbocycles. The van der Waals surface area contributed by atoms with Crippen molar-refractivity contribution in [2.45, 2.75) is 13.3 Å².